The van der Waals surface area contributed by atoms with Crippen molar-refractivity contribution in [1.29, 1.82) is 0 Å². The lowest BCUT2D eigenvalue weighted by atomic mass is 9.85. The van der Waals surface area contributed by atoms with Crippen molar-refractivity contribution >= 4 is 0 Å². The Morgan fingerprint density at radius 1 is 1.22 bits per heavy atom. The fourth-order valence-corrected chi connectivity index (χ4v) is 2.84. The third-order valence-electron chi connectivity index (χ3n) is 4.06. The fourth-order valence-electron chi connectivity index (χ4n) is 2.84. The Balaban J connectivity index is 1.98. The van der Waals surface area contributed by atoms with Crippen LogP contribution in [-0.4, -0.2) is 24.0 Å². The van der Waals surface area contributed by atoms with Crippen LogP contribution in [0, 0.1) is 18.8 Å². The van der Waals surface area contributed by atoms with Gasteiger partial charge in [0.2, 0.25) is 0 Å². The minimum Gasteiger partial charge on any atom is -0.327 e. The van der Waals surface area contributed by atoms with Gasteiger partial charge in [0, 0.05) is 25.7 Å². The molecule has 1 fully saturated rings. The first kappa shape index (κ1) is 13.6. The molecule has 1 aromatic rings. The minimum atomic E-state index is 0.344. The molecule has 1 heterocycles. The van der Waals surface area contributed by atoms with Crippen LogP contribution in [0.25, 0.3) is 0 Å². The Morgan fingerprint density at radius 2 is 1.89 bits per heavy atom. The molecule has 2 nitrogen and oxygen atoms in total. The van der Waals surface area contributed by atoms with Crippen LogP contribution >= 0.6 is 0 Å². The molecule has 1 aromatic carbocycles. The van der Waals surface area contributed by atoms with Crippen molar-refractivity contribution in [1.82, 2.24) is 4.90 Å². The Labute approximate surface area is 111 Å². The first-order valence-electron chi connectivity index (χ1n) is 7.08. The number of nitrogens with two attached hydrogens (primary N) is 1. The Kier molecular flexibility index (Phi) is 4.41. The second-order valence-electron chi connectivity index (χ2n) is 6.18. The molecule has 2 N–H and O–H groups in total. The fraction of sp³-hybridized carbons (Fsp3) is 0.625. The van der Waals surface area contributed by atoms with Crippen LogP contribution in [0.2, 0.25) is 0 Å². The van der Waals surface area contributed by atoms with Gasteiger partial charge in [-0.3, -0.25) is 4.90 Å². The van der Waals surface area contributed by atoms with E-state index in [9.17, 15) is 0 Å². The van der Waals surface area contributed by atoms with Crippen molar-refractivity contribution in [2.24, 2.45) is 17.6 Å². The highest BCUT2D eigenvalue weighted by molar-refractivity contribution is 5.21. The summed E-state index contributed by atoms with van der Waals surface area (Å²) < 4.78 is 0. The monoisotopic (exact) mass is 246 g/mol. The van der Waals surface area contributed by atoms with Gasteiger partial charge in [-0.2, -0.15) is 0 Å². The number of piperidine rings is 1. The van der Waals surface area contributed by atoms with Gasteiger partial charge in [0.1, 0.15) is 0 Å². The number of hydrogen-bond acceptors (Lipinski definition) is 2. The summed E-state index contributed by atoms with van der Waals surface area (Å²) in [5.74, 6) is 1.48. The van der Waals surface area contributed by atoms with Crippen LogP contribution in [0.5, 0.6) is 0 Å². The molecule has 0 aliphatic carbocycles. The summed E-state index contributed by atoms with van der Waals surface area (Å²) >= 11 is 0. The molecule has 2 unspecified atom stereocenters. The highest BCUT2D eigenvalue weighted by Gasteiger charge is 2.26. The molecule has 2 atom stereocenters. The molecule has 2 heteroatoms. The molecule has 100 valence electrons. The van der Waals surface area contributed by atoms with Gasteiger partial charge < -0.3 is 5.73 Å². The third kappa shape index (κ3) is 3.56. The second kappa shape index (κ2) is 5.85. The zero-order valence-electron chi connectivity index (χ0n) is 11.9. The molecule has 2 rings (SSSR count). The largest absolute Gasteiger partial charge is 0.327 e. The van der Waals surface area contributed by atoms with Gasteiger partial charge in [0.25, 0.3) is 0 Å². The van der Waals surface area contributed by atoms with Crippen LogP contribution in [0.15, 0.2) is 24.3 Å². The summed E-state index contributed by atoms with van der Waals surface area (Å²) in [7, 11) is 0. The number of nitrogens with zero attached hydrogens (tertiary/aromatic N) is 1. The zero-order chi connectivity index (χ0) is 13.1. The first-order chi connectivity index (χ1) is 8.54. The van der Waals surface area contributed by atoms with E-state index in [1.54, 1.807) is 0 Å². The third-order valence-corrected chi connectivity index (χ3v) is 4.06. The van der Waals surface area contributed by atoms with Crippen molar-refractivity contribution < 1.29 is 0 Å². The predicted molar refractivity (Wildman–Crippen MR) is 77.4 cm³/mol. The van der Waals surface area contributed by atoms with E-state index in [1.807, 2.05) is 0 Å². The second-order valence-corrected chi connectivity index (χ2v) is 6.18. The van der Waals surface area contributed by atoms with E-state index in [0.29, 0.717) is 6.04 Å². The lowest BCUT2D eigenvalue weighted by Crippen LogP contribution is -2.47. The Hall–Kier alpha value is -0.860. The van der Waals surface area contributed by atoms with Gasteiger partial charge in [-0.1, -0.05) is 43.7 Å². The standard InChI is InChI=1S/C16H26N2/c1-12(2)15-8-16(17)11-18(10-15)9-14-6-4-13(3)5-7-14/h4-7,12,15-16H,8-11,17H2,1-3H3. The van der Waals surface area contributed by atoms with Crippen molar-refractivity contribution in [3.05, 3.63) is 35.4 Å². The average Bonchev–Trinajstić information content (AvgIpc) is 2.31. The molecular weight excluding hydrogens is 220 g/mol. The number of rotatable bonds is 3. The lowest BCUT2D eigenvalue weighted by Gasteiger charge is -2.38. The molecule has 0 radical (unpaired) electrons. The van der Waals surface area contributed by atoms with Crippen LogP contribution in [0.3, 0.4) is 0 Å². The molecule has 0 bridgehead atoms. The topological polar surface area (TPSA) is 29.3 Å². The smallest absolute Gasteiger partial charge is 0.0234 e. The summed E-state index contributed by atoms with van der Waals surface area (Å²) in [6.45, 7) is 10.0. The maximum Gasteiger partial charge on any atom is 0.0234 e. The van der Waals surface area contributed by atoms with Gasteiger partial charge in [0.05, 0.1) is 0 Å². The highest BCUT2D eigenvalue weighted by atomic mass is 15.1. The molecule has 1 aliphatic rings. The molecule has 1 aliphatic heterocycles. The summed E-state index contributed by atoms with van der Waals surface area (Å²) in [6.07, 6.45) is 1.18. The number of likely N-dealkylation sites (tertiary alicyclic amines) is 1. The summed E-state index contributed by atoms with van der Waals surface area (Å²) in [6, 6.07) is 9.20. The van der Waals surface area contributed by atoms with E-state index >= 15 is 0 Å². The molecule has 0 aromatic heterocycles. The summed E-state index contributed by atoms with van der Waals surface area (Å²) in [4.78, 5) is 2.52. The predicted octanol–water partition coefficient (Wildman–Crippen LogP) is 2.80. The maximum atomic E-state index is 6.19. The number of aryl methyl sites for hydroxylation is 1. The normalized spacial score (nSPS) is 25.6. The van der Waals surface area contributed by atoms with Gasteiger partial charge in [-0.05, 0) is 30.7 Å². The van der Waals surface area contributed by atoms with Crippen molar-refractivity contribution in [2.45, 2.75) is 39.8 Å². The summed E-state index contributed by atoms with van der Waals surface area (Å²) in [5.41, 5.74) is 8.92. The van der Waals surface area contributed by atoms with E-state index in [-0.39, 0.29) is 0 Å². The summed E-state index contributed by atoms with van der Waals surface area (Å²) in [5, 5.41) is 0. The van der Waals surface area contributed by atoms with Gasteiger partial charge in [0.15, 0.2) is 0 Å². The number of benzene rings is 1. The van der Waals surface area contributed by atoms with Crippen molar-refractivity contribution in [2.75, 3.05) is 13.1 Å². The molecular formula is C16H26N2. The lowest BCUT2D eigenvalue weighted by molar-refractivity contribution is 0.123. The van der Waals surface area contributed by atoms with E-state index in [2.05, 4.69) is 49.9 Å². The molecule has 18 heavy (non-hydrogen) atoms. The van der Waals surface area contributed by atoms with E-state index in [1.165, 1.54) is 24.1 Å². The highest BCUT2D eigenvalue weighted by Crippen LogP contribution is 2.24. The molecule has 0 saturated carbocycles. The molecule has 0 amide bonds. The van der Waals surface area contributed by atoms with Crippen molar-refractivity contribution in [3.63, 3.8) is 0 Å². The van der Waals surface area contributed by atoms with Crippen molar-refractivity contribution in [3.8, 4) is 0 Å². The van der Waals surface area contributed by atoms with Crippen LogP contribution in [0.1, 0.15) is 31.4 Å². The molecule has 0 spiro atoms. The minimum absolute atomic E-state index is 0.344. The SMILES string of the molecule is Cc1ccc(CN2CC(N)CC(C(C)C)C2)cc1. The van der Waals surface area contributed by atoms with E-state index in [4.69, 9.17) is 5.73 Å². The zero-order valence-corrected chi connectivity index (χ0v) is 11.9. The van der Waals surface area contributed by atoms with E-state index in [0.717, 1.165) is 24.9 Å². The maximum absolute atomic E-state index is 6.19. The van der Waals surface area contributed by atoms with Gasteiger partial charge in [-0.15, -0.1) is 0 Å². The number of hydrogen-bond donors (Lipinski definition) is 1. The van der Waals surface area contributed by atoms with Gasteiger partial charge >= 0.3 is 0 Å². The van der Waals surface area contributed by atoms with Crippen LogP contribution in [-0.2, 0) is 6.54 Å². The molecule has 1 saturated heterocycles. The van der Waals surface area contributed by atoms with Crippen LogP contribution < -0.4 is 5.73 Å². The first-order valence-corrected chi connectivity index (χ1v) is 7.08. The van der Waals surface area contributed by atoms with Gasteiger partial charge in [-0.25, -0.2) is 0 Å². The quantitative estimate of drug-likeness (QED) is 0.888. The Bertz CT molecular complexity index is 369. The Morgan fingerprint density at radius 3 is 2.50 bits per heavy atom. The van der Waals surface area contributed by atoms with Crippen LogP contribution in [0.4, 0.5) is 0 Å². The average molecular weight is 246 g/mol. The van der Waals surface area contributed by atoms with E-state index < -0.39 is 0 Å².